The van der Waals surface area contributed by atoms with Gasteiger partial charge in [0.15, 0.2) is 0 Å². The number of pyridine rings is 1. The normalized spacial score (nSPS) is 12.8. The summed E-state index contributed by atoms with van der Waals surface area (Å²) in [7, 11) is 1.12. The summed E-state index contributed by atoms with van der Waals surface area (Å²) in [4.78, 5) is 3.59. The van der Waals surface area contributed by atoms with Crippen molar-refractivity contribution < 1.29 is 22.6 Å². The molecule has 1 aromatic heterocycles. The second-order valence-corrected chi connectivity index (χ2v) is 3.32. The summed E-state index contributed by atoms with van der Waals surface area (Å²) in [5.74, 6) is -0.313. The maximum atomic E-state index is 12.6. The fraction of sp³-hybridized carbons (Fsp3) is 0.400. The molecule has 2 N–H and O–H groups in total. The van der Waals surface area contributed by atoms with Crippen LogP contribution in [-0.4, -0.2) is 31.0 Å². The number of nitrogen functional groups attached to an aromatic ring is 1. The van der Waals surface area contributed by atoms with Gasteiger partial charge < -0.3 is 15.2 Å². The molecule has 0 saturated heterocycles. The summed E-state index contributed by atoms with van der Waals surface area (Å²) >= 11 is 0. The predicted molar refractivity (Wildman–Crippen MR) is 55.7 cm³/mol. The van der Waals surface area contributed by atoms with Gasteiger partial charge in [0.25, 0.3) is 0 Å². The SMILES string of the molecule is COC[C@@H](Oc1cc(N)ncc1C#N)C(F)(F)F. The van der Waals surface area contributed by atoms with Crippen LogP contribution >= 0.6 is 0 Å². The summed E-state index contributed by atoms with van der Waals surface area (Å²) in [6.07, 6.45) is -5.73. The molecule has 1 rings (SSSR count). The zero-order valence-electron chi connectivity index (χ0n) is 9.36. The Morgan fingerprint density at radius 3 is 2.72 bits per heavy atom. The number of rotatable bonds is 4. The van der Waals surface area contributed by atoms with E-state index in [0.29, 0.717) is 0 Å². The number of nitrogens with two attached hydrogens (primary N) is 1. The second-order valence-electron chi connectivity index (χ2n) is 3.32. The zero-order valence-corrected chi connectivity index (χ0v) is 9.36. The van der Waals surface area contributed by atoms with E-state index in [-0.39, 0.29) is 17.1 Å². The Hall–Kier alpha value is -2.01. The summed E-state index contributed by atoms with van der Waals surface area (Å²) in [5, 5.41) is 8.73. The van der Waals surface area contributed by atoms with Gasteiger partial charge in [-0.3, -0.25) is 0 Å². The molecule has 1 heterocycles. The molecule has 1 atom stereocenters. The van der Waals surface area contributed by atoms with Crippen molar-refractivity contribution >= 4 is 5.82 Å². The van der Waals surface area contributed by atoms with Crippen molar-refractivity contribution in [1.29, 1.82) is 5.26 Å². The molecule has 0 amide bonds. The predicted octanol–water partition coefficient (Wildman–Crippen LogP) is 1.49. The van der Waals surface area contributed by atoms with Gasteiger partial charge in [-0.2, -0.15) is 18.4 Å². The Morgan fingerprint density at radius 1 is 1.56 bits per heavy atom. The average molecular weight is 261 g/mol. The van der Waals surface area contributed by atoms with Crippen molar-refractivity contribution in [3.63, 3.8) is 0 Å². The maximum Gasteiger partial charge on any atom is 0.427 e. The monoisotopic (exact) mass is 261 g/mol. The van der Waals surface area contributed by atoms with E-state index < -0.39 is 18.9 Å². The minimum absolute atomic E-state index is 0.0395. The van der Waals surface area contributed by atoms with Gasteiger partial charge in [-0.1, -0.05) is 0 Å². The first-order valence-electron chi connectivity index (χ1n) is 4.76. The van der Waals surface area contributed by atoms with Crippen LogP contribution in [0, 0.1) is 11.3 Å². The van der Waals surface area contributed by atoms with Crippen molar-refractivity contribution in [2.75, 3.05) is 19.5 Å². The minimum atomic E-state index is -4.61. The number of anilines is 1. The summed E-state index contributed by atoms with van der Waals surface area (Å²) in [5.41, 5.74) is 5.20. The highest BCUT2D eigenvalue weighted by molar-refractivity contribution is 5.47. The third kappa shape index (κ3) is 3.49. The number of nitrogens with zero attached hydrogens (tertiary/aromatic N) is 2. The number of hydrogen-bond acceptors (Lipinski definition) is 5. The highest BCUT2D eigenvalue weighted by atomic mass is 19.4. The quantitative estimate of drug-likeness (QED) is 0.888. The van der Waals surface area contributed by atoms with Crippen molar-refractivity contribution in [3.05, 3.63) is 17.8 Å². The molecule has 0 spiro atoms. The molecule has 8 heteroatoms. The molecule has 0 aliphatic carbocycles. The third-order valence-electron chi connectivity index (χ3n) is 1.96. The van der Waals surface area contributed by atoms with Gasteiger partial charge in [0.2, 0.25) is 6.10 Å². The number of ether oxygens (including phenoxy) is 2. The lowest BCUT2D eigenvalue weighted by molar-refractivity contribution is -0.206. The molecule has 0 aliphatic rings. The molecule has 0 aliphatic heterocycles. The Bertz CT molecular complexity index is 457. The van der Waals surface area contributed by atoms with Crippen LogP contribution in [0.25, 0.3) is 0 Å². The fourth-order valence-electron chi connectivity index (χ4n) is 1.13. The molecule has 0 radical (unpaired) electrons. The first-order valence-corrected chi connectivity index (χ1v) is 4.76. The number of nitriles is 1. The number of alkyl halides is 3. The minimum Gasteiger partial charge on any atom is -0.477 e. The van der Waals surface area contributed by atoms with Crippen LogP contribution in [0.4, 0.5) is 19.0 Å². The largest absolute Gasteiger partial charge is 0.477 e. The molecule has 0 fully saturated rings. The molecule has 98 valence electrons. The van der Waals surface area contributed by atoms with Crippen LogP contribution in [-0.2, 0) is 4.74 Å². The summed E-state index contributed by atoms with van der Waals surface area (Å²) < 4.78 is 46.9. The number of aromatic nitrogens is 1. The third-order valence-corrected chi connectivity index (χ3v) is 1.96. The van der Waals surface area contributed by atoms with Crippen LogP contribution in [0.2, 0.25) is 0 Å². The molecule has 0 unspecified atom stereocenters. The molecule has 5 nitrogen and oxygen atoms in total. The van der Waals surface area contributed by atoms with E-state index in [1.165, 1.54) is 0 Å². The van der Waals surface area contributed by atoms with Crippen LogP contribution in [0.15, 0.2) is 12.3 Å². The standard InChI is InChI=1S/C10H10F3N3O2/c1-17-5-8(10(11,12)13)18-7-2-9(15)16-4-6(7)3-14/h2,4,8H,5H2,1H3,(H2,15,16)/t8-/m1/s1. The van der Waals surface area contributed by atoms with Crippen molar-refractivity contribution in [1.82, 2.24) is 4.98 Å². The van der Waals surface area contributed by atoms with E-state index >= 15 is 0 Å². The second kappa shape index (κ2) is 5.55. The molecule has 1 aromatic rings. The van der Waals surface area contributed by atoms with Crippen LogP contribution < -0.4 is 10.5 Å². The van der Waals surface area contributed by atoms with E-state index in [1.807, 2.05) is 0 Å². The van der Waals surface area contributed by atoms with Gasteiger partial charge in [0.05, 0.1) is 12.8 Å². The van der Waals surface area contributed by atoms with Crippen LogP contribution in [0.1, 0.15) is 5.56 Å². The topological polar surface area (TPSA) is 81.2 Å². The lowest BCUT2D eigenvalue weighted by atomic mass is 10.2. The van der Waals surface area contributed by atoms with Gasteiger partial charge >= 0.3 is 6.18 Å². The van der Waals surface area contributed by atoms with E-state index in [9.17, 15) is 13.2 Å². The highest BCUT2D eigenvalue weighted by Crippen LogP contribution is 2.28. The Morgan fingerprint density at radius 2 is 2.22 bits per heavy atom. The molecular formula is C10H10F3N3O2. The van der Waals surface area contributed by atoms with Gasteiger partial charge in [-0.25, -0.2) is 4.98 Å². The van der Waals surface area contributed by atoms with E-state index in [1.54, 1.807) is 6.07 Å². The Kier molecular flexibility index (Phi) is 4.33. The first-order chi connectivity index (χ1) is 8.38. The number of halogens is 3. The van der Waals surface area contributed by atoms with Crippen molar-refractivity contribution in [2.45, 2.75) is 12.3 Å². The lowest BCUT2D eigenvalue weighted by Gasteiger charge is -2.21. The van der Waals surface area contributed by atoms with E-state index in [2.05, 4.69) is 9.72 Å². The van der Waals surface area contributed by atoms with Crippen LogP contribution in [0.3, 0.4) is 0 Å². The first kappa shape index (κ1) is 14.1. The Labute approximate surface area is 101 Å². The van der Waals surface area contributed by atoms with Crippen LogP contribution in [0.5, 0.6) is 5.75 Å². The van der Waals surface area contributed by atoms with Crippen molar-refractivity contribution in [3.8, 4) is 11.8 Å². The number of methoxy groups -OCH3 is 1. The number of hydrogen-bond donors (Lipinski definition) is 1. The van der Waals surface area contributed by atoms with Crippen molar-refractivity contribution in [2.24, 2.45) is 0 Å². The molecule has 0 aromatic carbocycles. The van der Waals surface area contributed by atoms with Gasteiger partial charge in [-0.05, 0) is 0 Å². The smallest absolute Gasteiger partial charge is 0.427 e. The Balaban J connectivity index is 3.00. The van der Waals surface area contributed by atoms with Gasteiger partial charge in [0, 0.05) is 13.2 Å². The maximum absolute atomic E-state index is 12.6. The van der Waals surface area contributed by atoms with E-state index in [0.717, 1.165) is 19.4 Å². The summed E-state index contributed by atoms with van der Waals surface area (Å²) in [6.45, 7) is -0.684. The fourth-order valence-corrected chi connectivity index (χ4v) is 1.13. The molecule has 0 bridgehead atoms. The molecular weight excluding hydrogens is 251 g/mol. The molecule has 0 saturated carbocycles. The highest BCUT2D eigenvalue weighted by Gasteiger charge is 2.42. The zero-order chi connectivity index (χ0) is 13.8. The average Bonchev–Trinajstić information content (AvgIpc) is 2.27. The van der Waals surface area contributed by atoms with Gasteiger partial charge in [0.1, 0.15) is 23.2 Å². The summed E-state index contributed by atoms with van der Waals surface area (Å²) in [6, 6.07) is 2.73. The molecule has 18 heavy (non-hydrogen) atoms. The van der Waals surface area contributed by atoms with Gasteiger partial charge in [-0.15, -0.1) is 0 Å². The lowest BCUT2D eigenvalue weighted by Crippen LogP contribution is -2.38. The van der Waals surface area contributed by atoms with E-state index in [4.69, 9.17) is 15.7 Å².